The minimum atomic E-state index is -1.01. The van der Waals surface area contributed by atoms with E-state index in [1.54, 1.807) is 0 Å². The monoisotopic (exact) mass is 808 g/mol. The van der Waals surface area contributed by atoms with Crippen molar-refractivity contribution in [3.63, 3.8) is 0 Å². The summed E-state index contributed by atoms with van der Waals surface area (Å²) >= 11 is 0. The normalized spacial score (nSPS) is 17.3. The zero-order valence-electron chi connectivity index (χ0n) is 34.7. The molecule has 318 valence electrons. The summed E-state index contributed by atoms with van der Waals surface area (Å²) in [5.74, 6) is -1.65. The molecule has 1 spiro atoms. The highest BCUT2D eigenvalue weighted by Gasteiger charge is 2.48. The first kappa shape index (κ1) is 45.0. The molecular weight excluding hydrogens is 745 g/mol. The van der Waals surface area contributed by atoms with Gasteiger partial charge in [-0.1, -0.05) is 105 Å². The fraction of sp³-hybridized carbons (Fsp3) is 0.500. The Morgan fingerprint density at radius 3 is 1.59 bits per heavy atom. The van der Waals surface area contributed by atoms with Gasteiger partial charge in [0.1, 0.15) is 18.1 Å². The maximum absolute atomic E-state index is 14.1. The molecule has 5 rings (SSSR count). The minimum absolute atomic E-state index is 0.0268. The summed E-state index contributed by atoms with van der Waals surface area (Å²) in [5, 5.41) is 8.77. The molecule has 5 atom stereocenters. The van der Waals surface area contributed by atoms with Gasteiger partial charge in [-0.05, 0) is 80.5 Å². The van der Waals surface area contributed by atoms with Crippen molar-refractivity contribution in [3.05, 3.63) is 108 Å². The molecule has 5 amide bonds. The van der Waals surface area contributed by atoms with Gasteiger partial charge in [0, 0.05) is 38.0 Å². The summed E-state index contributed by atoms with van der Waals surface area (Å²) in [6.45, 7) is 6.64. The largest absolute Gasteiger partial charge is 0.343 e. The van der Waals surface area contributed by atoms with E-state index in [-0.39, 0.29) is 29.6 Å². The van der Waals surface area contributed by atoms with E-state index in [0.717, 1.165) is 29.5 Å². The van der Waals surface area contributed by atoms with Crippen LogP contribution in [0.5, 0.6) is 0 Å². The highest BCUT2D eigenvalue weighted by atomic mass is 16.2. The van der Waals surface area contributed by atoms with Gasteiger partial charge in [-0.3, -0.25) is 24.0 Å². The van der Waals surface area contributed by atoms with Crippen molar-refractivity contribution in [1.82, 2.24) is 25.8 Å². The zero-order chi connectivity index (χ0) is 42.4. The van der Waals surface area contributed by atoms with E-state index < -0.39 is 47.9 Å². The summed E-state index contributed by atoms with van der Waals surface area (Å²) in [6.07, 6.45) is 4.51. The summed E-state index contributed by atoms with van der Waals surface area (Å²) in [4.78, 5) is 72.4. The molecule has 59 heavy (non-hydrogen) atoms. The summed E-state index contributed by atoms with van der Waals surface area (Å²) in [5.41, 5.74) is 21.1. The zero-order valence-corrected chi connectivity index (χ0v) is 34.7. The van der Waals surface area contributed by atoms with Crippen LogP contribution in [0.1, 0.15) is 69.1 Å². The summed E-state index contributed by atoms with van der Waals surface area (Å²) in [6, 6.07) is 24.3. The molecule has 0 aliphatic carbocycles. The van der Waals surface area contributed by atoms with E-state index in [4.69, 9.17) is 17.2 Å². The van der Waals surface area contributed by atoms with Crippen LogP contribution in [0.4, 0.5) is 0 Å². The van der Waals surface area contributed by atoms with Gasteiger partial charge in [-0.2, -0.15) is 0 Å². The number of likely N-dealkylation sites (tertiary alicyclic amines) is 2. The molecule has 2 aliphatic rings. The van der Waals surface area contributed by atoms with E-state index in [0.29, 0.717) is 71.2 Å². The Bertz CT molecular complexity index is 1810. The van der Waals surface area contributed by atoms with Gasteiger partial charge in [0.15, 0.2) is 0 Å². The molecule has 0 radical (unpaired) electrons. The van der Waals surface area contributed by atoms with Crippen LogP contribution in [0.2, 0.25) is 0 Å². The lowest BCUT2D eigenvalue weighted by Gasteiger charge is -2.54. The predicted octanol–water partition coefficient (Wildman–Crippen LogP) is 2.45. The maximum atomic E-state index is 14.1. The van der Waals surface area contributed by atoms with Crippen molar-refractivity contribution in [2.24, 2.45) is 28.5 Å². The Morgan fingerprint density at radius 2 is 1.07 bits per heavy atom. The highest BCUT2D eigenvalue weighted by Crippen LogP contribution is 2.41. The number of hydrogen-bond acceptors (Lipinski definition) is 8. The average Bonchev–Trinajstić information content (AvgIpc) is 3.22. The SMILES string of the molecule is CC(C)C[C@@H](NC(=O)[C@@H](Cc1ccccc1)NC(=O)[C@H](N)Cc1ccccc1)C(=O)N[C@H](CCCCN)C(=O)N1CCC2(CC1)CN(C(=O)[C@H](N)Cc1ccccc1)C2. The van der Waals surface area contributed by atoms with E-state index in [1.807, 2.05) is 115 Å². The number of nitrogens with two attached hydrogens (primary N) is 3. The smallest absolute Gasteiger partial charge is 0.245 e. The predicted molar refractivity (Wildman–Crippen MR) is 229 cm³/mol. The topological polar surface area (TPSA) is 206 Å². The molecule has 3 aromatic rings. The van der Waals surface area contributed by atoms with Crippen molar-refractivity contribution in [2.75, 3.05) is 32.7 Å². The molecule has 0 aromatic heterocycles. The molecule has 2 heterocycles. The molecular formula is C46H64N8O5. The number of unbranched alkanes of at least 4 members (excludes halogenated alkanes) is 1. The lowest BCUT2D eigenvalue weighted by molar-refractivity contribution is -0.152. The second-order valence-electron chi connectivity index (χ2n) is 16.9. The Labute approximate surface area is 349 Å². The van der Waals surface area contributed by atoms with Crippen LogP contribution < -0.4 is 33.2 Å². The molecule has 3 aromatic carbocycles. The number of amides is 5. The van der Waals surface area contributed by atoms with Crippen molar-refractivity contribution in [3.8, 4) is 0 Å². The Morgan fingerprint density at radius 1 is 0.593 bits per heavy atom. The average molecular weight is 809 g/mol. The fourth-order valence-electron chi connectivity index (χ4n) is 8.14. The van der Waals surface area contributed by atoms with Crippen LogP contribution >= 0.6 is 0 Å². The van der Waals surface area contributed by atoms with Gasteiger partial charge in [-0.25, -0.2) is 0 Å². The number of carbonyl (C=O) groups excluding carboxylic acids is 5. The third-order valence-corrected chi connectivity index (χ3v) is 11.6. The second kappa shape index (κ2) is 21.8. The highest BCUT2D eigenvalue weighted by molar-refractivity contribution is 5.95. The van der Waals surface area contributed by atoms with Gasteiger partial charge in [0.2, 0.25) is 29.5 Å². The lowest BCUT2D eigenvalue weighted by atomic mass is 9.71. The number of nitrogens with one attached hydrogen (secondary N) is 3. The Hall–Kier alpha value is -5.11. The Balaban J connectivity index is 1.20. The second-order valence-corrected chi connectivity index (χ2v) is 16.9. The number of carbonyl (C=O) groups is 5. The first-order valence-electron chi connectivity index (χ1n) is 21.2. The molecule has 2 saturated heterocycles. The third kappa shape index (κ3) is 13.2. The number of nitrogens with zero attached hydrogens (tertiary/aromatic N) is 2. The van der Waals surface area contributed by atoms with Gasteiger partial charge < -0.3 is 43.0 Å². The molecule has 13 nitrogen and oxygen atoms in total. The van der Waals surface area contributed by atoms with Crippen LogP contribution in [0.15, 0.2) is 91.0 Å². The Kier molecular flexibility index (Phi) is 16.6. The van der Waals surface area contributed by atoms with Crippen molar-refractivity contribution in [2.45, 2.75) is 102 Å². The van der Waals surface area contributed by atoms with E-state index >= 15 is 0 Å². The third-order valence-electron chi connectivity index (χ3n) is 11.6. The molecule has 2 aliphatic heterocycles. The molecule has 13 heteroatoms. The van der Waals surface area contributed by atoms with Crippen molar-refractivity contribution < 1.29 is 24.0 Å². The fourth-order valence-corrected chi connectivity index (χ4v) is 8.14. The van der Waals surface area contributed by atoms with Crippen molar-refractivity contribution >= 4 is 29.5 Å². The minimum Gasteiger partial charge on any atom is -0.343 e. The first-order chi connectivity index (χ1) is 28.4. The molecule has 0 unspecified atom stereocenters. The van der Waals surface area contributed by atoms with Crippen LogP contribution in [0, 0.1) is 11.3 Å². The van der Waals surface area contributed by atoms with E-state index in [2.05, 4.69) is 16.0 Å². The number of hydrogen-bond donors (Lipinski definition) is 6. The summed E-state index contributed by atoms with van der Waals surface area (Å²) in [7, 11) is 0. The molecule has 9 N–H and O–H groups in total. The van der Waals surface area contributed by atoms with Crippen molar-refractivity contribution in [1.29, 1.82) is 0 Å². The van der Waals surface area contributed by atoms with Gasteiger partial charge >= 0.3 is 0 Å². The van der Waals surface area contributed by atoms with E-state index in [9.17, 15) is 24.0 Å². The van der Waals surface area contributed by atoms with Crippen LogP contribution in [0.3, 0.4) is 0 Å². The quantitative estimate of drug-likeness (QED) is 0.0934. The molecule has 2 fully saturated rings. The standard InChI is InChI=1S/C46H64N8O5/c1-32(2)26-39(52-43(57)40(29-35-18-10-5-11-19-35)51-41(55)36(48)27-33-14-6-3-7-15-33)42(56)50-38(20-12-13-23-47)45(59)53-24-21-46(22-25-53)30-54(31-46)44(58)37(49)28-34-16-8-4-9-17-34/h3-11,14-19,32,36-40H,12-13,20-31,47-49H2,1-2H3,(H,50,56)(H,51,55)(H,52,57)/t36-,37-,38-,39-,40-/m1/s1. The number of rotatable bonds is 20. The molecule has 0 bridgehead atoms. The van der Waals surface area contributed by atoms with Crippen LogP contribution in [0.25, 0.3) is 0 Å². The van der Waals surface area contributed by atoms with Crippen LogP contribution in [-0.2, 0) is 43.2 Å². The molecule has 0 saturated carbocycles. The van der Waals surface area contributed by atoms with Gasteiger partial charge in [0.05, 0.1) is 12.1 Å². The number of benzene rings is 3. The summed E-state index contributed by atoms with van der Waals surface area (Å²) < 4.78 is 0. The number of piperidine rings is 1. The van der Waals surface area contributed by atoms with E-state index in [1.165, 1.54) is 0 Å². The van der Waals surface area contributed by atoms with Crippen LogP contribution in [-0.4, -0.2) is 102 Å². The lowest BCUT2D eigenvalue weighted by Crippen LogP contribution is -2.65. The van der Waals surface area contributed by atoms with Gasteiger partial charge in [0.25, 0.3) is 0 Å². The maximum Gasteiger partial charge on any atom is 0.245 e. The first-order valence-corrected chi connectivity index (χ1v) is 21.2. The van der Waals surface area contributed by atoms with Gasteiger partial charge in [-0.15, -0.1) is 0 Å².